The van der Waals surface area contributed by atoms with Crippen molar-refractivity contribution in [2.75, 3.05) is 24.5 Å². The summed E-state index contributed by atoms with van der Waals surface area (Å²) < 4.78 is 13.9. The summed E-state index contributed by atoms with van der Waals surface area (Å²) >= 11 is 0. The molecule has 0 bridgehead atoms. The van der Waals surface area contributed by atoms with Crippen LogP contribution in [-0.2, 0) is 4.79 Å². The number of amides is 1. The zero-order chi connectivity index (χ0) is 12.4. The highest BCUT2D eigenvalue weighted by Crippen LogP contribution is 2.28. The number of hydrogen-bond acceptors (Lipinski definition) is 3. The van der Waals surface area contributed by atoms with Gasteiger partial charge in [-0.05, 0) is 18.6 Å². The van der Waals surface area contributed by atoms with E-state index in [0.717, 1.165) is 5.56 Å². The number of carbonyl (C=O) groups is 1. The molecule has 0 saturated carbocycles. The summed E-state index contributed by atoms with van der Waals surface area (Å²) in [6.45, 7) is 3.13. The molecule has 1 atom stereocenters. The maximum absolute atomic E-state index is 13.9. The maximum Gasteiger partial charge on any atom is 0.239 e. The van der Waals surface area contributed by atoms with Gasteiger partial charge in [-0.1, -0.05) is 12.1 Å². The first kappa shape index (κ1) is 11.9. The van der Waals surface area contributed by atoms with Crippen molar-refractivity contribution in [3.63, 3.8) is 0 Å². The van der Waals surface area contributed by atoms with Gasteiger partial charge < -0.3 is 16.0 Å². The first-order chi connectivity index (χ1) is 8.09. The minimum atomic E-state index is -0.325. The Morgan fingerprint density at radius 1 is 1.53 bits per heavy atom. The average molecular weight is 237 g/mol. The molecule has 1 amide bonds. The summed E-state index contributed by atoms with van der Waals surface area (Å²) in [5, 5.41) is 2.72. The van der Waals surface area contributed by atoms with E-state index in [4.69, 9.17) is 5.73 Å². The highest BCUT2D eigenvalue weighted by molar-refractivity contribution is 5.83. The van der Waals surface area contributed by atoms with Gasteiger partial charge in [0.15, 0.2) is 0 Å². The van der Waals surface area contributed by atoms with Gasteiger partial charge in [0.05, 0.1) is 12.2 Å². The lowest BCUT2D eigenvalue weighted by atomic mass is 10.0. The molecule has 1 heterocycles. The fourth-order valence-electron chi connectivity index (χ4n) is 2.06. The predicted molar refractivity (Wildman–Crippen MR) is 64.2 cm³/mol. The summed E-state index contributed by atoms with van der Waals surface area (Å²) in [6, 6.07) is 4.58. The molecule has 92 valence electrons. The molecule has 4 nitrogen and oxygen atoms in total. The predicted octanol–water partition coefficient (Wildman–Crippen LogP) is 0.782. The third kappa shape index (κ3) is 2.39. The van der Waals surface area contributed by atoms with Gasteiger partial charge >= 0.3 is 0 Å². The van der Waals surface area contributed by atoms with Gasteiger partial charge in [0.2, 0.25) is 5.91 Å². The number of para-hydroxylation sites is 1. The van der Waals surface area contributed by atoms with Crippen molar-refractivity contribution in [1.82, 2.24) is 5.32 Å². The van der Waals surface area contributed by atoms with Crippen LogP contribution < -0.4 is 16.0 Å². The van der Waals surface area contributed by atoms with Crippen LogP contribution in [0.25, 0.3) is 0 Å². The second-order valence-corrected chi connectivity index (χ2v) is 4.24. The number of nitrogens with one attached hydrogen (secondary N) is 1. The lowest BCUT2D eigenvalue weighted by Crippen LogP contribution is -2.48. The van der Waals surface area contributed by atoms with E-state index in [1.807, 2.05) is 6.92 Å². The zero-order valence-electron chi connectivity index (χ0n) is 9.74. The van der Waals surface area contributed by atoms with Crippen LogP contribution in [0.15, 0.2) is 18.2 Å². The van der Waals surface area contributed by atoms with Crippen LogP contribution in [-0.4, -0.2) is 25.5 Å². The Kier molecular flexibility index (Phi) is 3.28. The standard InChI is InChI=1S/C12H16FN3O/c1-8(14)9-3-2-4-10(13)12(9)16-6-5-15-11(17)7-16/h2-4,8H,5-7,14H2,1H3,(H,15,17)/t8-/m1/s1. The molecule has 0 aromatic heterocycles. The van der Waals surface area contributed by atoms with E-state index in [1.54, 1.807) is 17.0 Å². The van der Waals surface area contributed by atoms with Gasteiger partial charge in [-0.25, -0.2) is 4.39 Å². The van der Waals surface area contributed by atoms with E-state index in [-0.39, 0.29) is 24.3 Å². The fraction of sp³-hybridized carbons (Fsp3) is 0.417. The van der Waals surface area contributed by atoms with Gasteiger partial charge in [0.25, 0.3) is 0 Å². The van der Waals surface area contributed by atoms with Crippen LogP contribution in [0.4, 0.5) is 10.1 Å². The molecule has 17 heavy (non-hydrogen) atoms. The van der Waals surface area contributed by atoms with Gasteiger partial charge in [-0.2, -0.15) is 0 Å². The Balaban J connectivity index is 2.39. The molecule has 1 aromatic rings. The Morgan fingerprint density at radius 2 is 2.29 bits per heavy atom. The number of carbonyl (C=O) groups excluding carboxylic acids is 1. The Morgan fingerprint density at radius 3 is 2.94 bits per heavy atom. The molecule has 1 aromatic carbocycles. The minimum absolute atomic E-state index is 0.0878. The van der Waals surface area contributed by atoms with Crippen LogP contribution >= 0.6 is 0 Å². The van der Waals surface area contributed by atoms with E-state index >= 15 is 0 Å². The maximum atomic E-state index is 13.9. The summed E-state index contributed by atoms with van der Waals surface area (Å²) in [5.41, 5.74) is 7.02. The molecule has 1 saturated heterocycles. The molecular weight excluding hydrogens is 221 g/mol. The zero-order valence-corrected chi connectivity index (χ0v) is 9.74. The average Bonchev–Trinajstić information content (AvgIpc) is 2.28. The monoisotopic (exact) mass is 237 g/mol. The minimum Gasteiger partial charge on any atom is -0.358 e. The molecule has 0 spiro atoms. The lowest BCUT2D eigenvalue weighted by Gasteiger charge is -2.31. The molecule has 0 unspecified atom stereocenters. The lowest BCUT2D eigenvalue weighted by molar-refractivity contribution is -0.120. The normalized spacial score (nSPS) is 17.8. The van der Waals surface area contributed by atoms with E-state index in [9.17, 15) is 9.18 Å². The molecule has 3 N–H and O–H groups in total. The largest absolute Gasteiger partial charge is 0.358 e. The summed E-state index contributed by atoms with van der Waals surface area (Å²) in [4.78, 5) is 13.1. The summed E-state index contributed by atoms with van der Waals surface area (Å²) in [7, 11) is 0. The second kappa shape index (κ2) is 4.71. The van der Waals surface area contributed by atoms with Gasteiger partial charge in [-0.15, -0.1) is 0 Å². The first-order valence-electron chi connectivity index (χ1n) is 5.65. The number of piperazine rings is 1. The number of rotatable bonds is 2. The van der Waals surface area contributed by atoms with E-state index < -0.39 is 0 Å². The smallest absolute Gasteiger partial charge is 0.239 e. The number of halogens is 1. The van der Waals surface area contributed by atoms with Crippen molar-refractivity contribution < 1.29 is 9.18 Å². The van der Waals surface area contributed by atoms with Crippen LogP contribution in [0.1, 0.15) is 18.5 Å². The Hall–Kier alpha value is -1.62. The quantitative estimate of drug-likeness (QED) is 0.799. The molecule has 1 aliphatic rings. The second-order valence-electron chi connectivity index (χ2n) is 4.24. The van der Waals surface area contributed by atoms with Crippen molar-refractivity contribution in [2.24, 2.45) is 5.73 Å². The third-order valence-corrected chi connectivity index (χ3v) is 2.86. The highest BCUT2D eigenvalue weighted by atomic mass is 19.1. The van der Waals surface area contributed by atoms with E-state index in [1.165, 1.54) is 6.07 Å². The SMILES string of the molecule is C[C@@H](N)c1cccc(F)c1N1CCNC(=O)C1. The van der Waals surface area contributed by atoms with Gasteiger partial charge in [0, 0.05) is 19.1 Å². The van der Waals surface area contributed by atoms with Gasteiger partial charge in [-0.3, -0.25) is 4.79 Å². The van der Waals surface area contributed by atoms with Crippen LogP contribution in [0.2, 0.25) is 0 Å². The molecule has 5 heteroatoms. The first-order valence-corrected chi connectivity index (χ1v) is 5.65. The van der Waals surface area contributed by atoms with Gasteiger partial charge in [0.1, 0.15) is 5.82 Å². The third-order valence-electron chi connectivity index (χ3n) is 2.86. The number of benzene rings is 1. The molecule has 2 rings (SSSR count). The molecule has 1 aliphatic heterocycles. The van der Waals surface area contributed by atoms with Crippen molar-refractivity contribution in [2.45, 2.75) is 13.0 Å². The number of hydrogen-bond donors (Lipinski definition) is 2. The van der Waals surface area contributed by atoms with Crippen molar-refractivity contribution in [3.05, 3.63) is 29.6 Å². The number of nitrogens with zero attached hydrogens (tertiary/aromatic N) is 1. The van der Waals surface area contributed by atoms with E-state index in [2.05, 4.69) is 5.32 Å². The fourth-order valence-corrected chi connectivity index (χ4v) is 2.06. The van der Waals surface area contributed by atoms with Crippen molar-refractivity contribution in [3.8, 4) is 0 Å². The highest BCUT2D eigenvalue weighted by Gasteiger charge is 2.22. The molecular formula is C12H16FN3O. The number of anilines is 1. The Labute approximate surface area is 99.6 Å². The van der Waals surface area contributed by atoms with E-state index in [0.29, 0.717) is 18.8 Å². The topological polar surface area (TPSA) is 58.4 Å². The van der Waals surface area contributed by atoms with Crippen LogP contribution in [0.3, 0.4) is 0 Å². The summed E-state index contributed by atoms with van der Waals surface area (Å²) in [6.07, 6.45) is 0. The molecule has 0 radical (unpaired) electrons. The molecule has 0 aliphatic carbocycles. The number of nitrogens with two attached hydrogens (primary N) is 1. The molecule has 1 fully saturated rings. The summed E-state index contributed by atoms with van der Waals surface area (Å²) in [5.74, 6) is -0.412. The van der Waals surface area contributed by atoms with Crippen LogP contribution in [0.5, 0.6) is 0 Å². The Bertz CT molecular complexity index is 434. The van der Waals surface area contributed by atoms with Crippen LogP contribution in [0, 0.1) is 5.82 Å². The van der Waals surface area contributed by atoms with Crippen molar-refractivity contribution >= 4 is 11.6 Å². The van der Waals surface area contributed by atoms with Crippen molar-refractivity contribution in [1.29, 1.82) is 0 Å².